The van der Waals surface area contributed by atoms with Gasteiger partial charge in [0.05, 0.1) is 6.42 Å². The van der Waals surface area contributed by atoms with Crippen molar-refractivity contribution >= 4 is 39.6 Å². The van der Waals surface area contributed by atoms with Crippen molar-refractivity contribution in [2.75, 3.05) is 24.6 Å². The molecule has 1 atom stereocenters. The molecule has 1 aliphatic heterocycles. The number of carboxylic acid groups (broad SMARTS) is 1. The predicted octanol–water partition coefficient (Wildman–Crippen LogP) is 2.75. The molecule has 1 saturated carbocycles. The van der Waals surface area contributed by atoms with Gasteiger partial charge in [0, 0.05) is 24.6 Å². The first-order valence-corrected chi connectivity index (χ1v) is 11.3. The summed E-state index contributed by atoms with van der Waals surface area (Å²) in [6.45, 7) is 6.56. The van der Waals surface area contributed by atoms with Crippen molar-refractivity contribution in [3.8, 4) is 0 Å². The van der Waals surface area contributed by atoms with Crippen LogP contribution in [0.4, 0.5) is 4.79 Å². The van der Waals surface area contributed by atoms with E-state index in [1.807, 2.05) is 20.8 Å². The Morgan fingerprint density at radius 3 is 2.46 bits per heavy atom. The van der Waals surface area contributed by atoms with Gasteiger partial charge in [-0.2, -0.15) is 0 Å². The molecule has 0 bridgehead atoms. The fourth-order valence-electron chi connectivity index (χ4n) is 2.92. The molecular weight excluding hydrogens is 376 g/mol. The summed E-state index contributed by atoms with van der Waals surface area (Å²) >= 11 is 0. The van der Waals surface area contributed by atoms with Crippen LogP contribution < -0.4 is 5.32 Å². The van der Waals surface area contributed by atoms with Gasteiger partial charge in [-0.15, -0.1) is 0 Å². The highest BCUT2D eigenvalue weighted by Gasteiger charge is 2.55. The smallest absolute Gasteiger partial charge is 0.410 e. The second-order valence-electron chi connectivity index (χ2n) is 7.91. The van der Waals surface area contributed by atoms with Crippen molar-refractivity contribution in [3.63, 3.8) is 0 Å². The summed E-state index contributed by atoms with van der Waals surface area (Å²) in [5.41, 5.74) is -0.471. The predicted molar refractivity (Wildman–Crippen MR) is 103 cm³/mol. The van der Waals surface area contributed by atoms with Crippen molar-refractivity contribution in [1.82, 2.24) is 10.2 Å². The van der Waals surface area contributed by atoms with Gasteiger partial charge in [-0.1, -0.05) is 21.6 Å². The fraction of sp³-hybridized carbons (Fsp3) is 0.824. The average Bonchev–Trinajstić information content (AvgIpc) is 3.14. The van der Waals surface area contributed by atoms with Crippen LogP contribution in [0.3, 0.4) is 0 Å². The lowest BCUT2D eigenvalue weighted by molar-refractivity contribution is -0.136. The van der Waals surface area contributed by atoms with Crippen LogP contribution in [-0.2, 0) is 14.3 Å². The van der Waals surface area contributed by atoms with Gasteiger partial charge in [-0.3, -0.25) is 14.5 Å². The Balaban J connectivity index is 1.76. The molecule has 0 unspecified atom stereocenters. The number of ether oxygens (including phenoxy) is 1. The maximum absolute atomic E-state index is 12.6. The zero-order valence-corrected chi connectivity index (χ0v) is 17.2. The van der Waals surface area contributed by atoms with Crippen LogP contribution in [0.2, 0.25) is 0 Å². The molecule has 1 aliphatic carbocycles. The number of carboxylic acids is 1. The Kier molecular flexibility index (Phi) is 7.12. The third-order valence-electron chi connectivity index (χ3n) is 4.36. The van der Waals surface area contributed by atoms with Gasteiger partial charge in [-0.05, 0) is 45.4 Å². The number of hydrogen-bond acceptors (Lipinski definition) is 6. The first-order valence-electron chi connectivity index (χ1n) is 8.85. The summed E-state index contributed by atoms with van der Waals surface area (Å²) < 4.78 is 5.46. The summed E-state index contributed by atoms with van der Waals surface area (Å²) in [6, 6.07) is -0.461. The molecule has 2 fully saturated rings. The van der Waals surface area contributed by atoms with Crippen molar-refractivity contribution in [1.29, 1.82) is 0 Å². The van der Waals surface area contributed by atoms with Crippen LogP contribution in [0.25, 0.3) is 0 Å². The molecule has 2 rings (SSSR count). The number of likely N-dealkylation sites (tertiary alicyclic amines) is 1. The molecule has 2 aliphatic rings. The molecule has 0 aromatic carbocycles. The SMILES string of the molecule is CC(C)(C)OC(=O)N1CC2(CC2)C[C@H]1C(=O)NCCSSCCC(=O)O. The Hall–Kier alpha value is -1.09. The van der Waals surface area contributed by atoms with Gasteiger partial charge in [0.1, 0.15) is 11.6 Å². The van der Waals surface area contributed by atoms with E-state index < -0.39 is 23.7 Å². The van der Waals surface area contributed by atoms with E-state index in [0.717, 1.165) is 12.8 Å². The van der Waals surface area contributed by atoms with Gasteiger partial charge >= 0.3 is 12.1 Å². The first kappa shape index (κ1) is 21.2. The van der Waals surface area contributed by atoms with E-state index in [9.17, 15) is 14.4 Å². The highest BCUT2D eigenvalue weighted by atomic mass is 33.1. The molecule has 0 radical (unpaired) electrons. The Bertz CT molecular complexity index is 546. The lowest BCUT2D eigenvalue weighted by Gasteiger charge is -2.28. The molecule has 1 heterocycles. The minimum absolute atomic E-state index is 0.111. The van der Waals surface area contributed by atoms with E-state index in [2.05, 4.69) is 5.32 Å². The quantitative estimate of drug-likeness (QED) is 0.474. The van der Waals surface area contributed by atoms with E-state index in [1.54, 1.807) is 15.7 Å². The molecule has 2 N–H and O–H groups in total. The number of carbonyl (C=O) groups excluding carboxylic acids is 2. The monoisotopic (exact) mass is 404 g/mol. The summed E-state index contributed by atoms with van der Waals surface area (Å²) in [7, 11) is 3.03. The van der Waals surface area contributed by atoms with Crippen LogP contribution in [0, 0.1) is 5.41 Å². The number of amides is 2. The van der Waals surface area contributed by atoms with Crippen LogP contribution >= 0.6 is 21.6 Å². The maximum atomic E-state index is 12.6. The van der Waals surface area contributed by atoms with E-state index in [-0.39, 0.29) is 17.7 Å². The van der Waals surface area contributed by atoms with Gasteiger partial charge in [0.25, 0.3) is 0 Å². The molecular formula is C17H28N2O5S2. The van der Waals surface area contributed by atoms with E-state index in [1.165, 1.54) is 10.8 Å². The third kappa shape index (κ3) is 6.57. The van der Waals surface area contributed by atoms with Crippen molar-refractivity contribution in [3.05, 3.63) is 0 Å². The molecule has 1 spiro atoms. The summed E-state index contributed by atoms with van der Waals surface area (Å²) in [5, 5.41) is 11.5. The Morgan fingerprint density at radius 2 is 1.88 bits per heavy atom. The molecule has 7 nitrogen and oxygen atoms in total. The number of nitrogens with one attached hydrogen (secondary N) is 1. The normalized spacial score (nSPS) is 20.9. The number of nitrogens with zero attached hydrogens (tertiary/aromatic N) is 1. The highest BCUT2D eigenvalue weighted by molar-refractivity contribution is 8.76. The van der Waals surface area contributed by atoms with Crippen molar-refractivity contribution < 1.29 is 24.2 Å². The maximum Gasteiger partial charge on any atom is 0.410 e. The molecule has 0 aromatic heterocycles. The lowest BCUT2D eigenvalue weighted by Crippen LogP contribution is -2.47. The largest absolute Gasteiger partial charge is 0.481 e. The number of carbonyl (C=O) groups is 3. The lowest BCUT2D eigenvalue weighted by atomic mass is 10.0. The van der Waals surface area contributed by atoms with Gasteiger partial charge < -0.3 is 15.2 Å². The summed E-state index contributed by atoms with van der Waals surface area (Å²) in [5.74, 6) is 0.311. The van der Waals surface area contributed by atoms with Crippen molar-refractivity contribution in [2.45, 2.75) is 58.1 Å². The highest BCUT2D eigenvalue weighted by Crippen LogP contribution is 2.55. The van der Waals surface area contributed by atoms with Crippen LogP contribution in [-0.4, -0.2) is 64.2 Å². The van der Waals surface area contributed by atoms with Gasteiger partial charge in [0.2, 0.25) is 5.91 Å². The number of aliphatic carboxylic acids is 1. The third-order valence-corrected chi connectivity index (χ3v) is 6.77. The number of hydrogen-bond donors (Lipinski definition) is 2. The van der Waals surface area contributed by atoms with Crippen LogP contribution in [0.5, 0.6) is 0 Å². The van der Waals surface area contributed by atoms with E-state index >= 15 is 0 Å². The fourth-order valence-corrected chi connectivity index (χ4v) is 4.81. The number of rotatable bonds is 8. The molecule has 9 heteroatoms. The second-order valence-corrected chi connectivity index (χ2v) is 10.6. The zero-order chi connectivity index (χ0) is 19.4. The topological polar surface area (TPSA) is 95.9 Å². The Labute approximate surface area is 162 Å². The molecule has 26 heavy (non-hydrogen) atoms. The molecule has 0 aromatic rings. The average molecular weight is 405 g/mol. The van der Waals surface area contributed by atoms with Gasteiger partial charge in [0.15, 0.2) is 0 Å². The molecule has 148 valence electrons. The molecule has 1 saturated heterocycles. The second kappa shape index (κ2) is 8.73. The zero-order valence-electron chi connectivity index (χ0n) is 15.6. The minimum Gasteiger partial charge on any atom is -0.481 e. The standard InChI is InChI=1S/C17H28N2O5S2/c1-16(2,3)24-15(23)19-11-17(5-6-17)10-12(19)14(22)18-7-9-26-25-8-4-13(20)21/h12H,4-11H2,1-3H3,(H,18,22)(H,20,21)/t12-/m0/s1. The first-order chi connectivity index (χ1) is 12.1. The summed E-state index contributed by atoms with van der Waals surface area (Å²) in [6.07, 6.45) is 2.55. The van der Waals surface area contributed by atoms with Crippen molar-refractivity contribution in [2.24, 2.45) is 5.41 Å². The van der Waals surface area contributed by atoms with Crippen LogP contribution in [0.1, 0.15) is 46.5 Å². The summed E-state index contributed by atoms with van der Waals surface area (Å²) in [4.78, 5) is 37.0. The Morgan fingerprint density at radius 1 is 1.23 bits per heavy atom. The minimum atomic E-state index is -0.802. The van der Waals surface area contributed by atoms with E-state index in [4.69, 9.17) is 9.84 Å². The van der Waals surface area contributed by atoms with E-state index in [0.29, 0.717) is 31.0 Å². The van der Waals surface area contributed by atoms with Crippen LogP contribution in [0.15, 0.2) is 0 Å². The van der Waals surface area contributed by atoms with Gasteiger partial charge in [-0.25, -0.2) is 4.79 Å². The molecule has 2 amide bonds.